The molecule has 0 bridgehead atoms. The number of anilines is 1. The lowest BCUT2D eigenvalue weighted by atomic mass is 10.1. The largest absolute Gasteiger partial charge is 0.497 e. The van der Waals surface area contributed by atoms with Crippen molar-refractivity contribution in [1.29, 1.82) is 0 Å². The molecule has 0 aromatic heterocycles. The van der Waals surface area contributed by atoms with Gasteiger partial charge in [0.05, 0.1) is 19.1 Å². The van der Waals surface area contributed by atoms with Crippen molar-refractivity contribution in [3.8, 4) is 5.75 Å². The van der Waals surface area contributed by atoms with E-state index in [1.807, 2.05) is 55.1 Å². The summed E-state index contributed by atoms with van der Waals surface area (Å²) in [5, 5.41) is 9.10. The standard InChI is InChI=1S/C24H29N3O3S/c1-30-21-10-8-20(9-11-21)27-16-14-26(15-17-27)18-25-24(19-6-4-3-5-7-19)22(31-2)12-13-23(28)29/h3-11,18H,12-17H2,1-2H3,(H,28,29)/b24-22-,25-18?. The quantitative estimate of drug-likeness (QED) is 0.460. The number of hydrogen-bond donors (Lipinski definition) is 1. The number of carboxylic acids is 1. The Balaban J connectivity index is 1.70. The van der Waals surface area contributed by atoms with Gasteiger partial charge in [-0.15, -0.1) is 11.8 Å². The number of methoxy groups -OCH3 is 1. The molecule has 2 aromatic rings. The van der Waals surface area contributed by atoms with E-state index in [4.69, 9.17) is 14.8 Å². The van der Waals surface area contributed by atoms with Gasteiger partial charge in [0.1, 0.15) is 5.75 Å². The first kappa shape index (κ1) is 22.7. The van der Waals surface area contributed by atoms with Crippen molar-refractivity contribution >= 4 is 35.5 Å². The molecule has 1 aliphatic heterocycles. The van der Waals surface area contributed by atoms with E-state index in [0.717, 1.165) is 48.1 Å². The van der Waals surface area contributed by atoms with Gasteiger partial charge in [0.15, 0.2) is 0 Å². The molecule has 3 rings (SSSR count). The summed E-state index contributed by atoms with van der Waals surface area (Å²) in [6.45, 7) is 3.58. The summed E-state index contributed by atoms with van der Waals surface area (Å²) >= 11 is 1.57. The fourth-order valence-corrected chi connectivity index (χ4v) is 4.14. The molecular formula is C24H29N3O3S. The number of ether oxygens (including phenoxy) is 1. The van der Waals surface area contributed by atoms with Gasteiger partial charge in [0.2, 0.25) is 0 Å². The molecule has 6 nitrogen and oxygen atoms in total. The molecule has 31 heavy (non-hydrogen) atoms. The second-order valence-electron chi connectivity index (χ2n) is 7.20. The fraction of sp³-hybridized carbons (Fsp3) is 0.333. The van der Waals surface area contributed by atoms with E-state index in [9.17, 15) is 4.79 Å². The van der Waals surface area contributed by atoms with E-state index in [1.54, 1.807) is 18.9 Å². The maximum Gasteiger partial charge on any atom is 0.303 e. The van der Waals surface area contributed by atoms with Crippen LogP contribution in [0.5, 0.6) is 5.75 Å². The minimum Gasteiger partial charge on any atom is -0.497 e. The predicted molar refractivity (Wildman–Crippen MR) is 129 cm³/mol. The molecule has 0 amide bonds. The summed E-state index contributed by atoms with van der Waals surface area (Å²) in [6, 6.07) is 18.1. The van der Waals surface area contributed by atoms with Crippen molar-refractivity contribution in [3.05, 3.63) is 65.1 Å². The second-order valence-corrected chi connectivity index (χ2v) is 8.10. The average Bonchev–Trinajstić information content (AvgIpc) is 2.82. The van der Waals surface area contributed by atoms with Gasteiger partial charge >= 0.3 is 5.97 Å². The Morgan fingerprint density at radius 3 is 2.32 bits per heavy atom. The summed E-state index contributed by atoms with van der Waals surface area (Å²) in [7, 11) is 1.68. The highest BCUT2D eigenvalue weighted by atomic mass is 32.2. The smallest absolute Gasteiger partial charge is 0.303 e. The summed E-state index contributed by atoms with van der Waals surface area (Å²) in [5.41, 5.74) is 3.05. The zero-order chi connectivity index (χ0) is 22.1. The monoisotopic (exact) mass is 439 g/mol. The lowest BCUT2D eigenvalue weighted by molar-refractivity contribution is -0.136. The van der Waals surface area contributed by atoms with Gasteiger partial charge in [0.25, 0.3) is 0 Å². The van der Waals surface area contributed by atoms with Crippen LogP contribution in [0.25, 0.3) is 5.70 Å². The average molecular weight is 440 g/mol. The SMILES string of the molecule is COc1ccc(N2CCN(C=N/C(=C(/CCC(=O)O)SC)c3ccccc3)CC2)cc1. The molecule has 1 aliphatic rings. The first-order chi connectivity index (χ1) is 15.1. The number of hydrogen-bond acceptors (Lipinski definition) is 5. The van der Waals surface area contributed by atoms with E-state index in [1.165, 1.54) is 5.69 Å². The Morgan fingerprint density at radius 2 is 1.74 bits per heavy atom. The van der Waals surface area contributed by atoms with Crippen molar-refractivity contribution in [3.63, 3.8) is 0 Å². The molecule has 1 heterocycles. The molecule has 0 atom stereocenters. The highest BCUT2D eigenvalue weighted by Gasteiger charge is 2.16. The highest BCUT2D eigenvalue weighted by molar-refractivity contribution is 8.02. The van der Waals surface area contributed by atoms with E-state index in [2.05, 4.69) is 21.9 Å². The van der Waals surface area contributed by atoms with E-state index in [0.29, 0.717) is 6.42 Å². The van der Waals surface area contributed by atoms with Gasteiger partial charge in [-0.3, -0.25) is 4.79 Å². The maximum atomic E-state index is 11.1. The van der Waals surface area contributed by atoms with Crippen LogP contribution in [-0.4, -0.2) is 61.9 Å². The van der Waals surface area contributed by atoms with Crippen LogP contribution in [0, 0.1) is 0 Å². The minimum absolute atomic E-state index is 0.0998. The van der Waals surface area contributed by atoms with Gasteiger partial charge in [-0.05, 0) is 36.9 Å². The first-order valence-electron chi connectivity index (χ1n) is 10.3. The van der Waals surface area contributed by atoms with Crippen molar-refractivity contribution in [2.24, 2.45) is 4.99 Å². The first-order valence-corrected chi connectivity index (χ1v) is 11.5. The van der Waals surface area contributed by atoms with Gasteiger partial charge in [-0.1, -0.05) is 30.3 Å². The van der Waals surface area contributed by atoms with Crippen LogP contribution in [-0.2, 0) is 4.79 Å². The molecule has 0 unspecified atom stereocenters. The number of thioether (sulfide) groups is 1. The van der Waals surface area contributed by atoms with Crippen LogP contribution in [0.4, 0.5) is 5.69 Å². The number of benzene rings is 2. The van der Waals surface area contributed by atoms with Gasteiger partial charge < -0.3 is 19.6 Å². The van der Waals surface area contributed by atoms with Crippen LogP contribution >= 0.6 is 11.8 Å². The zero-order valence-corrected chi connectivity index (χ0v) is 18.8. The summed E-state index contributed by atoms with van der Waals surface area (Å²) in [4.78, 5) is 21.5. The van der Waals surface area contributed by atoms with Crippen molar-refractivity contribution < 1.29 is 14.6 Å². The van der Waals surface area contributed by atoms with E-state index < -0.39 is 5.97 Å². The minimum atomic E-state index is -0.794. The van der Waals surface area contributed by atoms with Crippen LogP contribution in [0.15, 0.2) is 64.5 Å². The van der Waals surface area contributed by atoms with E-state index >= 15 is 0 Å². The molecule has 0 saturated carbocycles. The topological polar surface area (TPSA) is 65.4 Å². The lowest BCUT2D eigenvalue weighted by Crippen LogP contribution is -2.45. The van der Waals surface area contributed by atoms with Gasteiger partial charge in [0, 0.05) is 48.8 Å². The lowest BCUT2D eigenvalue weighted by Gasteiger charge is -2.35. The van der Waals surface area contributed by atoms with Crippen LogP contribution in [0.1, 0.15) is 18.4 Å². The third-order valence-corrected chi connectivity index (χ3v) is 6.12. The normalized spacial score (nSPS) is 15.2. The molecule has 2 aromatic carbocycles. The molecule has 1 saturated heterocycles. The van der Waals surface area contributed by atoms with Gasteiger partial charge in [-0.2, -0.15) is 0 Å². The third kappa shape index (κ3) is 6.52. The molecular weight excluding hydrogens is 410 g/mol. The van der Waals surface area contributed by atoms with Crippen molar-refractivity contribution in [1.82, 2.24) is 4.90 Å². The molecule has 0 radical (unpaired) electrons. The number of aliphatic imine (C=N–C) groups is 1. The van der Waals surface area contributed by atoms with Crippen molar-refractivity contribution in [2.75, 3.05) is 44.4 Å². The Hall–Kier alpha value is -2.93. The highest BCUT2D eigenvalue weighted by Crippen LogP contribution is 2.30. The summed E-state index contributed by atoms with van der Waals surface area (Å²) in [5.74, 6) is 0.0693. The van der Waals surface area contributed by atoms with Gasteiger partial charge in [-0.25, -0.2) is 4.99 Å². The van der Waals surface area contributed by atoms with Crippen LogP contribution in [0.3, 0.4) is 0 Å². The number of carboxylic acid groups (broad SMARTS) is 1. The summed E-state index contributed by atoms with van der Waals surface area (Å²) in [6.07, 6.45) is 4.46. The maximum absolute atomic E-state index is 11.1. The number of carbonyl (C=O) groups is 1. The number of rotatable bonds is 9. The molecule has 7 heteroatoms. The molecule has 164 valence electrons. The van der Waals surface area contributed by atoms with E-state index in [-0.39, 0.29) is 6.42 Å². The summed E-state index contributed by atoms with van der Waals surface area (Å²) < 4.78 is 5.24. The number of aliphatic carboxylic acids is 1. The predicted octanol–water partition coefficient (Wildman–Crippen LogP) is 4.44. The number of piperazine rings is 1. The van der Waals surface area contributed by atoms with Crippen LogP contribution in [0.2, 0.25) is 0 Å². The Labute approximate surface area is 188 Å². The molecule has 1 N–H and O–H groups in total. The molecule has 0 aliphatic carbocycles. The molecule has 0 spiro atoms. The van der Waals surface area contributed by atoms with Crippen LogP contribution < -0.4 is 9.64 Å². The number of allylic oxidation sites excluding steroid dienone is 1. The molecule has 1 fully saturated rings. The third-order valence-electron chi connectivity index (χ3n) is 5.23. The second kappa shape index (κ2) is 11.5. The Morgan fingerprint density at radius 1 is 1.06 bits per heavy atom. The zero-order valence-electron chi connectivity index (χ0n) is 18.0. The van der Waals surface area contributed by atoms with Crippen molar-refractivity contribution in [2.45, 2.75) is 12.8 Å². The Kier molecular flexibility index (Phi) is 8.41. The fourth-order valence-electron chi connectivity index (χ4n) is 3.47. The number of nitrogens with zero attached hydrogens (tertiary/aromatic N) is 3. The Bertz CT molecular complexity index is 905.